The zero-order chi connectivity index (χ0) is 30.5. The minimum absolute atomic E-state index is 0.116. The Morgan fingerprint density at radius 1 is 0.977 bits per heavy atom. The Balaban J connectivity index is 1.65. The Labute approximate surface area is 250 Å². The first-order chi connectivity index (χ1) is 20.8. The minimum Gasteiger partial charge on any atom is -0.494 e. The van der Waals surface area contributed by atoms with E-state index in [1.165, 1.54) is 16.8 Å². The highest BCUT2D eigenvalue weighted by atomic mass is 19.1. The summed E-state index contributed by atoms with van der Waals surface area (Å²) in [7, 11) is 1.54. The van der Waals surface area contributed by atoms with Crippen LogP contribution in [0.3, 0.4) is 0 Å². The molecule has 0 unspecified atom stereocenters. The molecule has 4 aromatic carbocycles. The molecule has 0 radical (unpaired) electrons. The predicted molar refractivity (Wildman–Crippen MR) is 168 cm³/mol. The number of methoxy groups -OCH3 is 1. The van der Waals surface area contributed by atoms with Gasteiger partial charge in [0.05, 0.1) is 30.8 Å². The van der Waals surface area contributed by atoms with E-state index in [-0.39, 0.29) is 23.9 Å². The van der Waals surface area contributed by atoms with E-state index in [1.54, 1.807) is 43.7 Å². The summed E-state index contributed by atoms with van der Waals surface area (Å²) in [6.45, 7) is 8.79. The van der Waals surface area contributed by atoms with Gasteiger partial charge < -0.3 is 14.2 Å². The molecule has 1 aromatic heterocycles. The molecular weight excluding hydrogens is 545 g/mol. The fraction of sp³-hybridized carbons (Fsp3) is 0.229. The molecule has 0 atom stereocenters. The Kier molecular flexibility index (Phi) is 8.85. The van der Waals surface area contributed by atoms with Crippen molar-refractivity contribution in [3.63, 3.8) is 0 Å². The molecule has 220 valence electrons. The number of fused-ring (bicyclic) bond motifs is 1. The molecular formula is C35H34FN3O4. The second kappa shape index (κ2) is 12.9. The smallest absolute Gasteiger partial charge is 0.282 e. The maximum Gasteiger partial charge on any atom is 0.282 e. The molecule has 0 spiro atoms. The van der Waals surface area contributed by atoms with Crippen molar-refractivity contribution in [2.75, 3.05) is 13.7 Å². The molecule has 0 aliphatic heterocycles. The van der Waals surface area contributed by atoms with Gasteiger partial charge in [0.25, 0.3) is 5.56 Å². The Hall–Kier alpha value is -4.98. The first-order valence-corrected chi connectivity index (χ1v) is 14.2. The Bertz CT molecular complexity index is 1860. The molecule has 0 aliphatic carbocycles. The van der Waals surface area contributed by atoms with E-state index in [4.69, 9.17) is 19.2 Å². The lowest BCUT2D eigenvalue weighted by Crippen LogP contribution is -2.21. The molecule has 0 amide bonds. The van der Waals surface area contributed by atoms with Gasteiger partial charge in [0, 0.05) is 11.1 Å². The molecule has 0 saturated heterocycles. The van der Waals surface area contributed by atoms with Crippen LogP contribution in [-0.4, -0.2) is 29.6 Å². The number of halogens is 1. The van der Waals surface area contributed by atoms with Gasteiger partial charge in [-0.15, -0.1) is 0 Å². The third-order valence-corrected chi connectivity index (χ3v) is 7.09. The summed E-state index contributed by atoms with van der Waals surface area (Å²) in [5.74, 6) is 1.96. The van der Waals surface area contributed by atoms with Gasteiger partial charge in [-0.25, -0.2) is 9.37 Å². The number of ether oxygens (including phenoxy) is 3. The second-order valence-corrected chi connectivity index (χ2v) is 10.4. The third kappa shape index (κ3) is 6.28. The monoisotopic (exact) mass is 579 g/mol. The van der Waals surface area contributed by atoms with E-state index in [2.05, 4.69) is 18.9 Å². The summed E-state index contributed by atoms with van der Waals surface area (Å²) in [4.78, 5) is 18.8. The van der Waals surface area contributed by atoms with Gasteiger partial charge in [0.2, 0.25) is 0 Å². The number of aryl methyl sites for hydroxylation is 1. The van der Waals surface area contributed by atoms with Crippen molar-refractivity contribution in [1.82, 2.24) is 9.66 Å². The Morgan fingerprint density at radius 3 is 2.51 bits per heavy atom. The van der Waals surface area contributed by atoms with E-state index < -0.39 is 0 Å². The number of para-hydroxylation sites is 2. The molecule has 0 fully saturated rings. The molecule has 0 aliphatic rings. The van der Waals surface area contributed by atoms with E-state index in [0.717, 1.165) is 22.4 Å². The van der Waals surface area contributed by atoms with Crippen molar-refractivity contribution in [3.05, 3.63) is 117 Å². The lowest BCUT2D eigenvalue weighted by Gasteiger charge is -2.18. The van der Waals surface area contributed by atoms with Crippen molar-refractivity contribution < 1.29 is 18.6 Å². The minimum atomic E-state index is -0.344. The van der Waals surface area contributed by atoms with Gasteiger partial charge in [-0.1, -0.05) is 44.2 Å². The maximum atomic E-state index is 13.9. The van der Waals surface area contributed by atoms with Crippen LogP contribution >= 0.6 is 0 Å². The van der Waals surface area contributed by atoms with Crippen LogP contribution in [0.15, 0.2) is 88.8 Å². The number of nitrogens with zero attached hydrogens (tertiary/aromatic N) is 3. The van der Waals surface area contributed by atoms with Gasteiger partial charge >= 0.3 is 0 Å². The lowest BCUT2D eigenvalue weighted by atomic mass is 9.96. The molecule has 7 nitrogen and oxygen atoms in total. The van der Waals surface area contributed by atoms with E-state index in [9.17, 15) is 9.18 Å². The van der Waals surface area contributed by atoms with Crippen LogP contribution in [0.4, 0.5) is 4.39 Å². The number of hydrogen-bond acceptors (Lipinski definition) is 6. The van der Waals surface area contributed by atoms with Crippen LogP contribution in [0.2, 0.25) is 0 Å². The molecule has 5 rings (SSSR count). The Morgan fingerprint density at radius 2 is 1.77 bits per heavy atom. The number of rotatable bonds is 10. The largest absolute Gasteiger partial charge is 0.494 e. The van der Waals surface area contributed by atoms with Gasteiger partial charge in [0.1, 0.15) is 18.2 Å². The van der Waals surface area contributed by atoms with Crippen molar-refractivity contribution >= 4 is 17.1 Å². The van der Waals surface area contributed by atoms with E-state index >= 15 is 0 Å². The van der Waals surface area contributed by atoms with Crippen LogP contribution in [0.25, 0.3) is 22.3 Å². The molecule has 5 aromatic rings. The summed E-state index contributed by atoms with van der Waals surface area (Å²) in [5.41, 5.74) is 4.21. The van der Waals surface area contributed by atoms with Gasteiger partial charge in [-0.05, 0) is 85.0 Å². The summed E-state index contributed by atoms with van der Waals surface area (Å²) >= 11 is 0. The molecule has 0 bridgehead atoms. The number of aromatic nitrogens is 2. The number of benzene rings is 4. The third-order valence-electron chi connectivity index (χ3n) is 7.09. The van der Waals surface area contributed by atoms with Crippen LogP contribution in [0, 0.1) is 12.7 Å². The molecule has 43 heavy (non-hydrogen) atoms. The molecule has 0 N–H and O–H groups in total. The topological polar surface area (TPSA) is 74.9 Å². The van der Waals surface area contributed by atoms with Crippen molar-refractivity contribution in [3.8, 4) is 28.6 Å². The molecule has 1 heterocycles. The average Bonchev–Trinajstić information content (AvgIpc) is 3.00. The highest BCUT2D eigenvalue weighted by Crippen LogP contribution is 2.35. The first kappa shape index (κ1) is 29.5. The summed E-state index contributed by atoms with van der Waals surface area (Å²) in [6, 6.07) is 22.8. The van der Waals surface area contributed by atoms with E-state index in [0.29, 0.717) is 46.0 Å². The SMILES string of the molecule is CCOc1cc(C)c(-c2nc3ccccc3c(=O)n2N=Cc2cccc(OC)c2OCc2cccc(F)c2)cc1C(C)C. The fourth-order valence-corrected chi connectivity index (χ4v) is 4.93. The number of hydrogen-bond donors (Lipinski definition) is 0. The van der Waals surface area contributed by atoms with Crippen molar-refractivity contribution in [1.29, 1.82) is 0 Å². The molecule has 0 saturated carbocycles. The van der Waals surface area contributed by atoms with Crippen molar-refractivity contribution in [2.45, 2.75) is 40.2 Å². The van der Waals surface area contributed by atoms with Crippen LogP contribution in [0.5, 0.6) is 17.2 Å². The average molecular weight is 580 g/mol. The van der Waals surface area contributed by atoms with Crippen molar-refractivity contribution in [2.24, 2.45) is 5.10 Å². The van der Waals surface area contributed by atoms with Crippen LogP contribution in [-0.2, 0) is 6.61 Å². The van der Waals surface area contributed by atoms with Gasteiger partial charge in [-0.3, -0.25) is 4.79 Å². The highest BCUT2D eigenvalue weighted by molar-refractivity contribution is 5.86. The highest BCUT2D eigenvalue weighted by Gasteiger charge is 2.19. The zero-order valence-corrected chi connectivity index (χ0v) is 24.9. The van der Waals surface area contributed by atoms with E-state index in [1.807, 2.05) is 50.2 Å². The summed E-state index contributed by atoms with van der Waals surface area (Å²) < 4.78 is 32.7. The maximum absolute atomic E-state index is 13.9. The van der Waals surface area contributed by atoms with Crippen LogP contribution in [0.1, 0.15) is 48.9 Å². The quantitative estimate of drug-likeness (QED) is 0.160. The van der Waals surface area contributed by atoms with Gasteiger partial charge in [-0.2, -0.15) is 9.78 Å². The zero-order valence-electron chi connectivity index (χ0n) is 24.9. The first-order valence-electron chi connectivity index (χ1n) is 14.2. The standard InChI is InChI=1S/C35H34FN3O4/c1-6-42-32-17-23(4)29(19-28(32)22(2)3)34-38-30-15-8-7-14-27(30)35(40)39(34)37-20-25-12-10-16-31(41-5)33(25)43-21-24-11-9-13-26(36)18-24/h7-20,22H,6,21H2,1-5H3. The predicted octanol–water partition coefficient (Wildman–Crippen LogP) is 7.50. The van der Waals surface area contributed by atoms with Gasteiger partial charge in [0.15, 0.2) is 17.3 Å². The fourth-order valence-electron chi connectivity index (χ4n) is 4.93. The normalized spacial score (nSPS) is 11.4. The molecule has 8 heteroatoms. The van der Waals surface area contributed by atoms with Crippen LogP contribution < -0.4 is 19.8 Å². The second-order valence-electron chi connectivity index (χ2n) is 10.4. The summed E-state index contributed by atoms with van der Waals surface area (Å²) in [5, 5.41) is 5.12. The summed E-state index contributed by atoms with van der Waals surface area (Å²) in [6.07, 6.45) is 1.55. The lowest BCUT2D eigenvalue weighted by molar-refractivity contribution is 0.283.